The fourth-order valence-corrected chi connectivity index (χ4v) is 3.26. The van der Waals surface area contributed by atoms with Gasteiger partial charge < -0.3 is 0 Å². The van der Waals surface area contributed by atoms with Crippen molar-refractivity contribution >= 4 is 33.3 Å². The number of carbonyl (C=O) groups is 1. The van der Waals surface area contributed by atoms with Gasteiger partial charge in [0.2, 0.25) is 0 Å². The number of hydrogen-bond donors (Lipinski definition) is 1. The number of nitrogens with one attached hydrogen (secondary N) is 1. The van der Waals surface area contributed by atoms with Gasteiger partial charge in [-0.3, -0.25) is 15.1 Å². The Labute approximate surface area is 148 Å². The molecule has 0 spiro atoms. The zero-order chi connectivity index (χ0) is 17.2. The number of anilines is 1. The van der Waals surface area contributed by atoms with Crippen LogP contribution in [0.1, 0.15) is 15.2 Å². The third kappa shape index (κ3) is 3.12. The van der Waals surface area contributed by atoms with E-state index in [1.54, 1.807) is 24.7 Å². The van der Waals surface area contributed by atoms with Gasteiger partial charge in [0.05, 0.1) is 16.8 Å². The van der Waals surface area contributed by atoms with Crippen LogP contribution < -0.4 is 5.32 Å². The number of para-hydroxylation sites is 1. The number of aromatic nitrogens is 3. The lowest BCUT2D eigenvalue weighted by Crippen LogP contribution is -2.12. The van der Waals surface area contributed by atoms with E-state index >= 15 is 0 Å². The standard InChI is InChI=1S/C19H14N4OS/c1-12-10-21-19(25-12)23-18(24)15-9-17(13-5-4-8-20-11-13)22-16-7-3-2-6-14(15)16/h2-11H,1H3,(H,21,23,24). The zero-order valence-corrected chi connectivity index (χ0v) is 14.2. The van der Waals surface area contributed by atoms with Crippen molar-refractivity contribution in [3.05, 3.63) is 71.5 Å². The van der Waals surface area contributed by atoms with Gasteiger partial charge in [0, 0.05) is 34.4 Å². The van der Waals surface area contributed by atoms with E-state index in [1.165, 1.54) is 11.3 Å². The largest absolute Gasteiger partial charge is 0.298 e. The minimum Gasteiger partial charge on any atom is -0.298 e. The summed E-state index contributed by atoms with van der Waals surface area (Å²) in [6.45, 7) is 1.95. The maximum absolute atomic E-state index is 12.8. The molecule has 0 saturated carbocycles. The van der Waals surface area contributed by atoms with Crippen LogP contribution in [0.15, 0.2) is 61.1 Å². The Morgan fingerprint density at radius 2 is 2.00 bits per heavy atom. The summed E-state index contributed by atoms with van der Waals surface area (Å²) < 4.78 is 0. The van der Waals surface area contributed by atoms with Crippen LogP contribution in [-0.2, 0) is 0 Å². The summed E-state index contributed by atoms with van der Waals surface area (Å²) in [7, 11) is 0. The second kappa shape index (κ2) is 6.41. The van der Waals surface area contributed by atoms with Crippen LogP contribution in [-0.4, -0.2) is 20.9 Å². The molecule has 4 aromatic rings. The highest BCUT2D eigenvalue weighted by molar-refractivity contribution is 7.15. The second-order valence-corrected chi connectivity index (χ2v) is 6.78. The SMILES string of the molecule is Cc1cnc(NC(=O)c2cc(-c3cccnc3)nc3ccccc23)s1. The monoisotopic (exact) mass is 346 g/mol. The average molecular weight is 346 g/mol. The Bertz CT molecular complexity index is 1060. The second-order valence-electron chi connectivity index (χ2n) is 5.54. The average Bonchev–Trinajstić information content (AvgIpc) is 3.06. The van der Waals surface area contributed by atoms with Crippen LogP contribution in [0.5, 0.6) is 0 Å². The van der Waals surface area contributed by atoms with Crippen LogP contribution in [0.25, 0.3) is 22.2 Å². The molecule has 0 aliphatic rings. The lowest BCUT2D eigenvalue weighted by atomic mass is 10.0. The van der Waals surface area contributed by atoms with Gasteiger partial charge in [0.1, 0.15) is 0 Å². The summed E-state index contributed by atoms with van der Waals surface area (Å²) in [6.07, 6.45) is 5.19. The van der Waals surface area contributed by atoms with E-state index in [2.05, 4.69) is 20.3 Å². The van der Waals surface area contributed by atoms with Gasteiger partial charge in [-0.1, -0.05) is 18.2 Å². The number of fused-ring (bicyclic) bond motifs is 1. The molecular formula is C19H14N4OS. The molecule has 5 nitrogen and oxygen atoms in total. The van der Waals surface area contributed by atoms with Crippen LogP contribution in [0, 0.1) is 6.92 Å². The van der Waals surface area contributed by atoms with Crippen molar-refractivity contribution in [3.63, 3.8) is 0 Å². The Kier molecular flexibility index (Phi) is 3.95. The van der Waals surface area contributed by atoms with Crippen molar-refractivity contribution in [2.45, 2.75) is 6.92 Å². The topological polar surface area (TPSA) is 67.8 Å². The van der Waals surface area contributed by atoms with Gasteiger partial charge >= 0.3 is 0 Å². The molecule has 0 fully saturated rings. The van der Waals surface area contributed by atoms with Crippen molar-refractivity contribution in [2.24, 2.45) is 0 Å². The van der Waals surface area contributed by atoms with Crippen LogP contribution in [0.4, 0.5) is 5.13 Å². The van der Waals surface area contributed by atoms with E-state index < -0.39 is 0 Å². The van der Waals surface area contributed by atoms with Gasteiger partial charge in [-0.25, -0.2) is 9.97 Å². The quantitative estimate of drug-likeness (QED) is 0.600. The molecule has 122 valence electrons. The van der Waals surface area contributed by atoms with Gasteiger partial charge in [0.25, 0.3) is 5.91 Å². The fourth-order valence-electron chi connectivity index (χ4n) is 2.60. The number of nitrogens with zero attached hydrogens (tertiary/aromatic N) is 3. The summed E-state index contributed by atoms with van der Waals surface area (Å²) in [6, 6.07) is 13.2. The molecule has 3 heterocycles. The Morgan fingerprint density at radius 1 is 1.12 bits per heavy atom. The Hall–Kier alpha value is -3.12. The first-order valence-electron chi connectivity index (χ1n) is 7.75. The molecule has 6 heteroatoms. The normalized spacial score (nSPS) is 10.8. The van der Waals surface area contributed by atoms with E-state index in [0.29, 0.717) is 16.4 Å². The molecular weight excluding hydrogens is 332 g/mol. The van der Waals surface area contributed by atoms with Gasteiger partial charge in [-0.2, -0.15) is 0 Å². The minimum absolute atomic E-state index is 0.196. The van der Waals surface area contributed by atoms with Crippen LogP contribution in [0.2, 0.25) is 0 Å². The lowest BCUT2D eigenvalue weighted by Gasteiger charge is -2.09. The molecule has 0 atom stereocenters. The highest BCUT2D eigenvalue weighted by Crippen LogP contribution is 2.26. The van der Waals surface area contributed by atoms with E-state index in [4.69, 9.17) is 0 Å². The maximum atomic E-state index is 12.8. The molecule has 1 amide bonds. The van der Waals surface area contributed by atoms with E-state index in [0.717, 1.165) is 21.3 Å². The number of thiazole rings is 1. The molecule has 0 bridgehead atoms. The summed E-state index contributed by atoms with van der Waals surface area (Å²) in [5.74, 6) is -0.196. The smallest absolute Gasteiger partial charge is 0.258 e. The number of carbonyl (C=O) groups excluding carboxylic acids is 1. The zero-order valence-electron chi connectivity index (χ0n) is 13.4. The molecule has 4 rings (SSSR count). The molecule has 0 aliphatic carbocycles. The van der Waals surface area contributed by atoms with E-state index in [9.17, 15) is 4.79 Å². The first-order chi connectivity index (χ1) is 12.2. The molecule has 3 aromatic heterocycles. The molecule has 0 radical (unpaired) electrons. The van der Waals surface area contributed by atoms with E-state index in [-0.39, 0.29) is 5.91 Å². The predicted octanol–water partition coefficient (Wildman–Crippen LogP) is 4.31. The Morgan fingerprint density at radius 3 is 2.76 bits per heavy atom. The van der Waals surface area contributed by atoms with Crippen molar-refractivity contribution in [1.82, 2.24) is 15.0 Å². The first kappa shape index (κ1) is 15.4. The fraction of sp³-hybridized carbons (Fsp3) is 0.0526. The summed E-state index contributed by atoms with van der Waals surface area (Å²) in [5.41, 5.74) is 2.92. The van der Waals surface area contributed by atoms with Gasteiger partial charge in [0.15, 0.2) is 5.13 Å². The number of benzene rings is 1. The Balaban J connectivity index is 1.82. The highest BCUT2D eigenvalue weighted by atomic mass is 32.1. The van der Waals surface area contributed by atoms with Crippen molar-refractivity contribution in [3.8, 4) is 11.3 Å². The molecule has 1 N–H and O–H groups in total. The molecule has 25 heavy (non-hydrogen) atoms. The maximum Gasteiger partial charge on any atom is 0.258 e. The van der Waals surface area contributed by atoms with E-state index in [1.807, 2.05) is 43.3 Å². The number of rotatable bonds is 3. The minimum atomic E-state index is -0.196. The van der Waals surface area contributed by atoms with Gasteiger partial charge in [-0.05, 0) is 31.2 Å². The van der Waals surface area contributed by atoms with Crippen molar-refractivity contribution in [2.75, 3.05) is 5.32 Å². The van der Waals surface area contributed by atoms with Crippen molar-refractivity contribution in [1.29, 1.82) is 0 Å². The summed E-state index contributed by atoms with van der Waals surface area (Å²) in [5, 5.41) is 4.27. The number of pyridine rings is 2. The number of amides is 1. The summed E-state index contributed by atoms with van der Waals surface area (Å²) in [4.78, 5) is 26.9. The molecule has 0 unspecified atom stereocenters. The molecule has 1 aromatic carbocycles. The van der Waals surface area contributed by atoms with Crippen molar-refractivity contribution < 1.29 is 4.79 Å². The summed E-state index contributed by atoms with van der Waals surface area (Å²) >= 11 is 1.45. The van der Waals surface area contributed by atoms with Crippen LogP contribution in [0.3, 0.4) is 0 Å². The highest BCUT2D eigenvalue weighted by Gasteiger charge is 2.15. The molecule has 0 saturated heterocycles. The number of hydrogen-bond acceptors (Lipinski definition) is 5. The predicted molar refractivity (Wildman–Crippen MR) is 99.8 cm³/mol. The number of aryl methyl sites for hydroxylation is 1. The first-order valence-corrected chi connectivity index (χ1v) is 8.56. The molecule has 0 aliphatic heterocycles. The third-order valence-electron chi connectivity index (χ3n) is 3.76. The van der Waals surface area contributed by atoms with Gasteiger partial charge in [-0.15, -0.1) is 11.3 Å². The lowest BCUT2D eigenvalue weighted by molar-refractivity contribution is 0.102. The third-order valence-corrected chi connectivity index (χ3v) is 4.59. The van der Waals surface area contributed by atoms with Crippen LogP contribution >= 0.6 is 11.3 Å².